The molecule has 0 radical (unpaired) electrons. The van der Waals surface area contributed by atoms with Gasteiger partial charge in [0.2, 0.25) is 0 Å². The molecule has 0 heterocycles. The van der Waals surface area contributed by atoms with Crippen molar-refractivity contribution < 1.29 is 4.92 Å². The van der Waals surface area contributed by atoms with Crippen LogP contribution in [0.25, 0.3) is 0 Å². The predicted octanol–water partition coefficient (Wildman–Crippen LogP) is 3.25. The van der Waals surface area contributed by atoms with E-state index < -0.39 is 0 Å². The lowest BCUT2D eigenvalue weighted by Gasteiger charge is -2.38. The number of hydrogen-bond donors (Lipinski definition) is 1. The van der Waals surface area contributed by atoms with Gasteiger partial charge in [-0.2, -0.15) is 0 Å². The van der Waals surface area contributed by atoms with Crippen LogP contribution < -0.4 is 5.73 Å². The number of nitro groups is 1. The van der Waals surface area contributed by atoms with Gasteiger partial charge >= 0.3 is 0 Å². The van der Waals surface area contributed by atoms with Crippen LogP contribution >= 0.6 is 0 Å². The fourth-order valence-corrected chi connectivity index (χ4v) is 3.37. The summed E-state index contributed by atoms with van der Waals surface area (Å²) < 4.78 is 0. The van der Waals surface area contributed by atoms with Gasteiger partial charge in [-0.1, -0.05) is 19.1 Å². The van der Waals surface area contributed by atoms with Crippen molar-refractivity contribution in [2.45, 2.75) is 57.2 Å². The summed E-state index contributed by atoms with van der Waals surface area (Å²) >= 11 is 0. The normalized spacial score (nSPS) is 24.0. The SMILES string of the molecule is CCC(c1cccc([N+](=O)[O-])c1)N(C)C1CCC(N)CC1. The van der Waals surface area contributed by atoms with E-state index in [1.807, 2.05) is 6.07 Å². The van der Waals surface area contributed by atoms with Crippen LogP contribution in [-0.4, -0.2) is 29.0 Å². The fourth-order valence-electron chi connectivity index (χ4n) is 3.37. The van der Waals surface area contributed by atoms with E-state index in [1.165, 1.54) is 0 Å². The number of non-ortho nitro benzene ring substituents is 1. The van der Waals surface area contributed by atoms with Gasteiger partial charge in [-0.25, -0.2) is 0 Å². The first kappa shape index (κ1) is 15.9. The van der Waals surface area contributed by atoms with Gasteiger partial charge in [0.15, 0.2) is 0 Å². The van der Waals surface area contributed by atoms with Crippen LogP contribution in [0, 0.1) is 10.1 Å². The third kappa shape index (κ3) is 3.80. The van der Waals surface area contributed by atoms with Crippen molar-refractivity contribution in [3.05, 3.63) is 39.9 Å². The zero-order chi connectivity index (χ0) is 15.4. The molecule has 116 valence electrons. The highest BCUT2D eigenvalue weighted by atomic mass is 16.6. The number of rotatable bonds is 5. The second-order valence-corrected chi connectivity index (χ2v) is 6.01. The molecular formula is C16H25N3O2. The van der Waals surface area contributed by atoms with Gasteiger partial charge in [-0.3, -0.25) is 15.0 Å². The van der Waals surface area contributed by atoms with Crippen LogP contribution in [0.4, 0.5) is 5.69 Å². The van der Waals surface area contributed by atoms with Gasteiger partial charge in [0, 0.05) is 30.3 Å². The average molecular weight is 291 g/mol. The number of nitrogens with zero attached hydrogens (tertiary/aromatic N) is 2. The van der Waals surface area contributed by atoms with E-state index in [9.17, 15) is 10.1 Å². The highest BCUT2D eigenvalue weighted by Gasteiger charge is 2.27. The van der Waals surface area contributed by atoms with E-state index in [4.69, 9.17) is 5.73 Å². The minimum absolute atomic E-state index is 0.171. The molecule has 1 fully saturated rings. The quantitative estimate of drug-likeness (QED) is 0.667. The highest BCUT2D eigenvalue weighted by Crippen LogP contribution is 2.31. The predicted molar refractivity (Wildman–Crippen MR) is 84.1 cm³/mol. The zero-order valence-corrected chi connectivity index (χ0v) is 12.9. The smallest absolute Gasteiger partial charge is 0.269 e. The molecule has 2 N–H and O–H groups in total. The molecule has 1 atom stereocenters. The molecule has 0 amide bonds. The molecule has 1 aliphatic rings. The van der Waals surface area contributed by atoms with Gasteiger partial charge in [-0.15, -0.1) is 0 Å². The molecule has 0 spiro atoms. The third-order valence-corrected chi connectivity index (χ3v) is 4.66. The second-order valence-electron chi connectivity index (χ2n) is 6.01. The number of nitro benzene ring substituents is 1. The Balaban J connectivity index is 2.14. The Labute approximate surface area is 126 Å². The van der Waals surface area contributed by atoms with Crippen molar-refractivity contribution in [1.82, 2.24) is 4.90 Å². The number of nitrogens with two attached hydrogens (primary N) is 1. The molecule has 5 heteroatoms. The maximum atomic E-state index is 10.9. The molecule has 0 aromatic heterocycles. The first-order valence-corrected chi connectivity index (χ1v) is 7.74. The van der Waals surface area contributed by atoms with Gasteiger partial charge in [-0.05, 0) is 44.7 Å². The molecular weight excluding hydrogens is 266 g/mol. The number of benzene rings is 1. The van der Waals surface area contributed by atoms with Crippen molar-refractivity contribution in [3.8, 4) is 0 Å². The molecule has 0 aliphatic heterocycles. The zero-order valence-electron chi connectivity index (χ0n) is 12.9. The molecule has 1 unspecified atom stereocenters. The molecule has 1 aromatic carbocycles. The number of hydrogen-bond acceptors (Lipinski definition) is 4. The van der Waals surface area contributed by atoms with E-state index in [0.717, 1.165) is 37.7 Å². The standard InChI is InChI=1S/C16H25N3O2/c1-3-16(12-5-4-6-15(11-12)19(20)21)18(2)14-9-7-13(17)8-10-14/h4-6,11,13-14,16H,3,7-10,17H2,1-2H3. The van der Waals surface area contributed by atoms with Crippen molar-refractivity contribution in [2.75, 3.05) is 7.05 Å². The van der Waals surface area contributed by atoms with Crippen molar-refractivity contribution in [1.29, 1.82) is 0 Å². The largest absolute Gasteiger partial charge is 0.328 e. The summed E-state index contributed by atoms with van der Waals surface area (Å²) in [5, 5.41) is 10.9. The van der Waals surface area contributed by atoms with E-state index in [-0.39, 0.29) is 16.7 Å². The fraction of sp³-hybridized carbons (Fsp3) is 0.625. The Morgan fingerprint density at radius 1 is 1.38 bits per heavy atom. The van der Waals surface area contributed by atoms with E-state index in [0.29, 0.717) is 12.1 Å². The second kappa shape index (κ2) is 7.00. The van der Waals surface area contributed by atoms with E-state index in [1.54, 1.807) is 18.2 Å². The summed E-state index contributed by atoms with van der Waals surface area (Å²) in [7, 11) is 2.13. The first-order chi connectivity index (χ1) is 10.0. The van der Waals surface area contributed by atoms with Crippen LogP contribution in [0.2, 0.25) is 0 Å². The molecule has 1 aromatic rings. The molecule has 21 heavy (non-hydrogen) atoms. The monoisotopic (exact) mass is 291 g/mol. The Kier molecular flexibility index (Phi) is 5.31. The summed E-state index contributed by atoms with van der Waals surface area (Å²) in [6, 6.07) is 8.12. The van der Waals surface area contributed by atoms with Crippen LogP contribution in [0.3, 0.4) is 0 Å². The Hall–Kier alpha value is -1.46. The first-order valence-electron chi connectivity index (χ1n) is 7.74. The van der Waals surface area contributed by atoms with E-state index >= 15 is 0 Å². The van der Waals surface area contributed by atoms with Gasteiger partial charge in [0.1, 0.15) is 0 Å². The molecule has 5 nitrogen and oxygen atoms in total. The van der Waals surface area contributed by atoms with Crippen LogP contribution in [0.5, 0.6) is 0 Å². The minimum atomic E-state index is -0.324. The summed E-state index contributed by atoms with van der Waals surface area (Å²) in [5.74, 6) is 0. The summed E-state index contributed by atoms with van der Waals surface area (Å²) in [4.78, 5) is 13.0. The lowest BCUT2D eigenvalue weighted by Crippen LogP contribution is -2.40. The molecule has 0 saturated heterocycles. The van der Waals surface area contributed by atoms with Crippen molar-refractivity contribution >= 4 is 5.69 Å². The van der Waals surface area contributed by atoms with Crippen LogP contribution in [0.1, 0.15) is 50.6 Å². The third-order valence-electron chi connectivity index (χ3n) is 4.66. The molecule has 0 bridgehead atoms. The molecule has 1 aliphatic carbocycles. The van der Waals surface area contributed by atoms with Crippen molar-refractivity contribution in [3.63, 3.8) is 0 Å². The molecule has 1 saturated carbocycles. The minimum Gasteiger partial charge on any atom is -0.328 e. The summed E-state index contributed by atoms with van der Waals surface area (Å²) in [6.07, 6.45) is 5.31. The van der Waals surface area contributed by atoms with Crippen LogP contribution in [0.15, 0.2) is 24.3 Å². The summed E-state index contributed by atoms with van der Waals surface area (Å²) in [6.45, 7) is 2.13. The van der Waals surface area contributed by atoms with Gasteiger partial charge < -0.3 is 5.73 Å². The lowest BCUT2D eigenvalue weighted by atomic mass is 9.89. The lowest BCUT2D eigenvalue weighted by molar-refractivity contribution is -0.385. The van der Waals surface area contributed by atoms with Crippen molar-refractivity contribution in [2.24, 2.45) is 5.73 Å². The average Bonchev–Trinajstić information content (AvgIpc) is 2.49. The summed E-state index contributed by atoms with van der Waals surface area (Å²) in [5.41, 5.74) is 7.18. The maximum absolute atomic E-state index is 10.9. The van der Waals surface area contributed by atoms with Crippen LogP contribution in [-0.2, 0) is 0 Å². The topological polar surface area (TPSA) is 72.4 Å². The van der Waals surface area contributed by atoms with Gasteiger partial charge in [0.05, 0.1) is 4.92 Å². The molecule has 2 rings (SSSR count). The Bertz CT molecular complexity index is 484. The maximum Gasteiger partial charge on any atom is 0.269 e. The highest BCUT2D eigenvalue weighted by molar-refractivity contribution is 5.35. The van der Waals surface area contributed by atoms with E-state index in [2.05, 4.69) is 18.9 Å². The Morgan fingerprint density at radius 3 is 2.62 bits per heavy atom. The van der Waals surface area contributed by atoms with Gasteiger partial charge in [0.25, 0.3) is 5.69 Å². The Morgan fingerprint density at radius 2 is 2.05 bits per heavy atom.